The Kier molecular flexibility index (Phi) is 4.39. The van der Waals surface area contributed by atoms with Gasteiger partial charge in [0.15, 0.2) is 0 Å². The van der Waals surface area contributed by atoms with Crippen molar-refractivity contribution in [1.82, 2.24) is 5.32 Å². The fourth-order valence-electron chi connectivity index (χ4n) is 1.86. The first-order valence-electron chi connectivity index (χ1n) is 6.08. The van der Waals surface area contributed by atoms with Crippen molar-refractivity contribution in [3.05, 3.63) is 63.9 Å². The van der Waals surface area contributed by atoms with Crippen LogP contribution in [0.15, 0.2) is 46.9 Å². The molecule has 0 heterocycles. The first kappa shape index (κ1) is 14.5. The van der Waals surface area contributed by atoms with Crippen LogP contribution in [0.4, 0.5) is 10.1 Å². The number of benzene rings is 2. The highest BCUT2D eigenvalue weighted by Gasteiger charge is 2.14. The van der Waals surface area contributed by atoms with Crippen molar-refractivity contribution in [3.63, 3.8) is 0 Å². The van der Waals surface area contributed by atoms with Crippen LogP contribution in [0.25, 0.3) is 0 Å². The molecule has 2 aromatic rings. The minimum atomic E-state index is -0.449. The van der Waals surface area contributed by atoms with Gasteiger partial charge in [0.1, 0.15) is 5.82 Å². The minimum absolute atomic E-state index is 0.221. The van der Waals surface area contributed by atoms with Crippen LogP contribution in [0.1, 0.15) is 28.9 Å². The van der Waals surface area contributed by atoms with E-state index in [0.717, 1.165) is 5.56 Å². The van der Waals surface area contributed by atoms with Crippen molar-refractivity contribution in [2.24, 2.45) is 0 Å². The number of carbonyl (C=O) groups excluding carboxylic acids is 1. The summed E-state index contributed by atoms with van der Waals surface area (Å²) in [5, 5.41) is 2.82. The van der Waals surface area contributed by atoms with Gasteiger partial charge in [-0.3, -0.25) is 4.79 Å². The molecule has 0 bridgehead atoms. The summed E-state index contributed by atoms with van der Waals surface area (Å²) in [5.74, 6) is -0.791. The first-order chi connectivity index (χ1) is 9.47. The summed E-state index contributed by atoms with van der Waals surface area (Å²) in [6, 6.07) is 11.1. The zero-order valence-corrected chi connectivity index (χ0v) is 12.4. The third-order valence-electron chi connectivity index (χ3n) is 2.93. The van der Waals surface area contributed by atoms with Gasteiger partial charge >= 0.3 is 0 Å². The molecule has 3 N–H and O–H groups in total. The second-order valence-electron chi connectivity index (χ2n) is 4.49. The maximum absolute atomic E-state index is 13.2. The van der Waals surface area contributed by atoms with Gasteiger partial charge in [0.25, 0.3) is 5.91 Å². The number of carbonyl (C=O) groups is 1. The molecule has 0 aromatic heterocycles. The molecule has 20 heavy (non-hydrogen) atoms. The Morgan fingerprint density at radius 3 is 2.75 bits per heavy atom. The summed E-state index contributed by atoms with van der Waals surface area (Å²) < 4.78 is 13.8. The minimum Gasteiger partial charge on any atom is -0.399 e. The predicted molar refractivity (Wildman–Crippen MR) is 80.8 cm³/mol. The number of nitrogens with one attached hydrogen (secondary N) is 1. The summed E-state index contributed by atoms with van der Waals surface area (Å²) in [6.45, 7) is 1.85. The van der Waals surface area contributed by atoms with E-state index in [1.54, 1.807) is 12.1 Å². The van der Waals surface area contributed by atoms with Gasteiger partial charge in [-0.15, -0.1) is 0 Å². The SMILES string of the molecule is CC(NC(=O)c1cc(F)ccc1Br)c1cccc(N)c1. The monoisotopic (exact) mass is 336 g/mol. The third kappa shape index (κ3) is 3.36. The van der Waals surface area contributed by atoms with E-state index in [1.807, 2.05) is 19.1 Å². The van der Waals surface area contributed by atoms with Crippen LogP contribution < -0.4 is 11.1 Å². The Balaban J connectivity index is 2.17. The molecule has 0 fully saturated rings. The first-order valence-corrected chi connectivity index (χ1v) is 6.88. The van der Waals surface area contributed by atoms with Crippen LogP contribution >= 0.6 is 15.9 Å². The highest BCUT2D eigenvalue weighted by molar-refractivity contribution is 9.10. The van der Waals surface area contributed by atoms with Crippen LogP contribution in [-0.4, -0.2) is 5.91 Å². The molecule has 0 spiro atoms. The Labute approximate surface area is 125 Å². The lowest BCUT2D eigenvalue weighted by Gasteiger charge is -2.15. The van der Waals surface area contributed by atoms with Gasteiger partial charge in [-0.25, -0.2) is 4.39 Å². The third-order valence-corrected chi connectivity index (χ3v) is 3.62. The summed E-state index contributed by atoms with van der Waals surface area (Å²) in [5.41, 5.74) is 7.51. The Morgan fingerprint density at radius 1 is 1.30 bits per heavy atom. The second-order valence-corrected chi connectivity index (χ2v) is 5.34. The van der Waals surface area contributed by atoms with Crippen LogP contribution in [0.3, 0.4) is 0 Å². The van der Waals surface area contributed by atoms with E-state index in [2.05, 4.69) is 21.2 Å². The zero-order chi connectivity index (χ0) is 14.7. The summed E-state index contributed by atoms with van der Waals surface area (Å²) in [4.78, 5) is 12.1. The molecule has 0 radical (unpaired) electrons. The van der Waals surface area contributed by atoms with Gasteiger partial charge in [0.2, 0.25) is 0 Å². The number of hydrogen-bond acceptors (Lipinski definition) is 2. The summed E-state index contributed by atoms with van der Waals surface area (Å²) in [6.07, 6.45) is 0. The summed E-state index contributed by atoms with van der Waals surface area (Å²) in [7, 11) is 0. The molecule has 3 nitrogen and oxygen atoms in total. The van der Waals surface area contributed by atoms with E-state index in [-0.39, 0.29) is 17.5 Å². The fourth-order valence-corrected chi connectivity index (χ4v) is 2.28. The molecule has 1 amide bonds. The number of anilines is 1. The Bertz CT molecular complexity index is 646. The quantitative estimate of drug-likeness (QED) is 0.840. The van der Waals surface area contributed by atoms with E-state index in [4.69, 9.17) is 5.73 Å². The van der Waals surface area contributed by atoms with Crippen LogP contribution in [0.5, 0.6) is 0 Å². The maximum Gasteiger partial charge on any atom is 0.253 e. The number of halogens is 2. The van der Waals surface area contributed by atoms with Gasteiger partial charge in [0, 0.05) is 10.2 Å². The molecular formula is C15H14BrFN2O. The number of rotatable bonds is 3. The van der Waals surface area contributed by atoms with Gasteiger partial charge in [-0.1, -0.05) is 12.1 Å². The molecule has 1 atom stereocenters. The van der Waals surface area contributed by atoms with Crippen LogP contribution in [0, 0.1) is 5.82 Å². The van der Waals surface area contributed by atoms with Crippen molar-refractivity contribution in [2.75, 3.05) is 5.73 Å². The van der Waals surface area contributed by atoms with Crippen molar-refractivity contribution >= 4 is 27.5 Å². The molecule has 0 saturated heterocycles. The molecule has 1 unspecified atom stereocenters. The maximum atomic E-state index is 13.2. The number of nitrogen functional groups attached to an aromatic ring is 1. The van der Waals surface area contributed by atoms with Crippen molar-refractivity contribution in [2.45, 2.75) is 13.0 Å². The second kappa shape index (κ2) is 6.05. The van der Waals surface area contributed by atoms with E-state index in [9.17, 15) is 9.18 Å². The Morgan fingerprint density at radius 2 is 2.05 bits per heavy atom. The molecule has 0 saturated carbocycles. The number of amides is 1. The molecular weight excluding hydrogens is 323 g/mol. The number of hydrogen-bond donors (Lipinski definition) is 2. The topological polar surface area (TPSA) is 55.1 Å². The molecule has 5 heteroatoms. The molecule has 2 aromatic carbocycles. The van der Waals surface area contributed by atoms with Gasteiger partial charge in [-0.05, 0) is 58.7 Å². The lowest BCUT2D eigenvalue weighted by molar-refractivity contribution is 0.0938. The molecule has 0 aliphatic heterocycles. The van der Waals surface area contributed by atoms with Crippen molar-refractivity contribution in [3.8, 4) is 0 Å². The van der Waals surface area contributed by atoms with Gasteiger partial charge in [0.05, 0.1) is 11.6 Å². The predicted octanol–water partition coefficient (Wildman–Crippen LogP) is 3.66. The summed E-state index contributed by atoms with van der Waals surface area (Å²) >= 11 is 3.24. The van der Waals surface area contributed by atoms with E-state index in [0.29, 0.717) is 10.2 Å². The molecule has 0 aliphatic rings. The van der Waals surface area contributed by atoms with Crippen molar-refractivity contribution < 1.29 is 9.18 Å². The van der Waals surface area contributed by atoms with Gasteiger partial charge < -0.3 is 11.1 Å². The molecule has 2 rings (SSSR count). The Hall–Kier alpha value is -1.88. The van der Waals surface area contributed by atoms with Crippen LogP contribution in [-0.2, 0) is 0 Å². The van der Waals surface area contributed by atoms with Crippen molar-refractivity contribution in [1.29, 1.82) is 0 Å². The number of nitrogens with two attached hydrogens (primary N) is 1. The van der Waals surface area contributed by atoms with Crippen LogP contribution in [0.2, 0.25) is 0 Å². The standard InChI is InChI=1S/C15H14BrFN2O/c1-9(10-3-2-4-12(18)7-10)19-15(20)13-8-11(17)5-6-14(13)16/h2-9H,18H2,1H3,(H,19,20). The molecule has 104 valence electrons. The molecule has 0 aliphatic carbocycles. The lowest BCUT2D eigenvalue weighted by Crippen LogP contribution is -2.27. The van der Waals surface area contributed by atoms with E-state index >= 15 is 0 Å². The normalized spacial score (nSPS) is 11.9. The average molecular weight is 337 g/mol. The largest absolute Gasteiger partial charge is 0.399 e. The smallest absolute Gasteiger partial charge is 0.253 e. The van der Waals surface area contributed by atoms with Gasteiger partial charge in [-0.2, -0.15) is 0 Å². The zero-order valence-electron chi connectivity index (χ0n) is 10.9. The highest BCUT2D eigenvalue weighted by Crippen LogP contribution is 2.20. The highest BCUT2D eigenvalue weighted by atomic mass is 79.9. The fraction of sp³-hybridized carbons (Fsp3) is 0.133. The van der Waals surface area contributed by atoms with E-state index < -0.39 is 5.82 Å². The lowest BCUT2D eigenvalue weighted by atomic mass is 10.1. The average Bonchev–Trinajstić information content (AvgIpc) is 2.41. The van der Waals surface area contributed by atoms with E-state index in [1.165, 1.54) is 18.2 Å².